The molecule has 0 fully saturated rings. The Bertz CT molecular complexity index is 929. The lowest BCUT2D eigenvalue weighted by Gasteiger charge is -2.03. The van der Waals surface area contributed by atoms with E-state index in [4.69, 9.17) is 0 Å². The van der Waals surface area contributed by atoms with Crippen LogP contribution in [0.25, 0.3) is 17.3 Å². The van der Waals surface area contributed by atoms with E-state index in [-0.39, 0.29) is 0 Å². The van der Waals surface area contributed by atoms with E-state index in [1.54, 1.807) is 13.2 Å². The first-order valence-corrected chi connectivity index (χ1v) is 9.22. The Balaban J connectivity index is 0.000000200. The third-order valence-electron chi connectivity index (χ3n) is 3.97. The monoisotopic (exact) mass is 369 g/mol. The van der Waals surface area contributed by atoms with Crippen LogP contribution in [0, 0.1) is 0 Å². The molecule has 0 aliphatic heterocycles. The van der Waals surface area contributed by atoms with Gasteiger partial charge in [0.15, 0.2) is 0 Å². The summed E-state index contributed by atoms with van der Waals surface area (Å²) in [4.78, 5) is 4.14. The number of rotatable bonds is 5. The SMILES string of the molecule is C/C=C\C(/C=C/c1ccccc1)=NC.C=C(C)c1ccc(-n2cccn2)cc1. The first-order valence-electron chi connectivity index (χ1n) is 9.22. The maximum atomic E-state index is 4.16. The van der Waals surface area contributed by atoms with E-state index in [0.717, 1.165) is 17.0 Å². The van der Waals surface area contributed by atoms with Gasteiger partial charge in [-0.1, -0.05) is 66.8 Å². The minimum atomic E-state index is 0.983. The van der Waals surface area contributed by atoms with Gasteiger partial charge in [0.2, 0.25) is 0 Å². The Morgan fingerprint density at radius 1 is 1.00 bits per heavy atom. The molecule has 3 heteroatoms. The predicted molar refractivity (Wildman–Crippen MR) is 122 cm³/mol. The Morgan fingerprint density at radius 2 is 1.71 bits per heavy atom. The zero-order valence-electron chi connectivity index (χ0n) is 16.8. The Labute approximate surface area is 168 Å². The Morgan fingerprint density at radius 3 is 2.25 bits per heavy atom. The highest BCUT2D eigenvalue weighted by Crippen LogP contribution is 2.14. The second-order valence-corrected chi connectivity index (χ2v) is 6.17. The molecule has 0 saturated heterocycles. The predicted octanol–water partition coefficient (Wildman–Crippen LogP) is 6.25. The molecule has 0 aliphatic carbocycles. The highest BCUT2D eigenvalue weighted by Gasteiger charge is 1.96. The van der Waals surface area contributed by atoms with Crippen molar-refractivity contribution in [1.82, 2.24) is 9.78 Å². The van der Waals surface area contributed by atoms with Gasteiger partial charge < -0.3 is 0 Å². The van der Waals surface area contributed by atoms with Crippen LogP contribution in [0.5, 0.6) is 0 Å². The van der Waals surface area contributed by atoms with Gasteiger partial charge in [0.05, 0.1) is 11.4 Å². The number of hydrogen-bond acceptors (Lipinski definition) is 2. The molecule has 1 heterocycles. The van der Waals surface area contributed by atoms with Crippen LogP contribution >= 0.6 is 0 Å². The van der Waals surface area contributed by atoms with Crippen molar-refractivity contribution >= 4 is 17.4 Å². The van der Waals surface area contributed by atoms with Gasteiger partial charge in [-0.25, -0.2) is 4.68 Å². The van der Waals surface area contributed by atoms with Crippen LogP contribution in [-0.2, 0) is 0 Å². The van der Waals surface area contributed by atoms with Gasteiger partial charge in [0.1, 0.15) is 0 Å². The summed E-state index contributed by atoms with van der Waals surface area (Å²) in [6.45, 7) is 7.89. The summed E-state index contributed by atoms with van der Waals surface area (Å²) >= 11 is 0. The Kier molecular flexibility index (Phi) is 8.41. The van der Waals surface area contributed by atoms with E-state index in [1.165, 1.54) is 11.1 Å². The number of aromatic nitrogens is 2. The largest absolute Gasteiger partial charge is 0.289 e. The molecule has 0 N–H and O–H groups in total. The number of benzene rings is 2. The van der Waals surface area contributed by atoms with E-state index in [2.05, 4.69) is 47.0 Å². The van der Waals surface area contributed by atoms with Crippen LogP contribution in [0.3, 0.4) is 0 Å². The van der Waals surface area contributed by atoms with E-state index >= 15 is 0 Å². The lowest BCUT2D eigenvalue weighted by Crippen LogP contribution is -1.93. The average Bonchev–Trinajstić information content (AvgIpc) is 3.27. The van der Waals surface area contributed by atoms with Crippen LogP contribution in [0.15, 0.2) is 103 Å². The van der Waals surface area contributed by atoms with Gasteiger partial charge in [-0.3, -0.25) is 4.99 Å². The molecule has 0 amide bonds. The third kappa shape index (κ3) is 6.69. The molecular formula is C25H27N3. The first-order chi connectivity index (χ1) is 13.6. The van der Waals surface area contributed by atoms with Crippen molar-refractivity contribution in [2.45, 2.75) is 13.8 Å². The Hall–Kier alpha value is -3.46. The summed E-state index contributed by atoms with van der Waals surface area (Å²) in [5, 5.41) is 4.16. The number of nitrogens with zero attached hydrogens (tertiary/aromatic N) is 3. The molecule has 0 radical (unpaired) electrons. The van der Waals surface area contributed by atoms with Crippen LogP contribution in [0.1, 0.15) is 25.0 Å². The van der Waals surface area contributed by atoms with Gasteiger partial charge in [0, 0.05) is 19.4 Å². The molecule has 0 bridgehead atoms. The van der Waals surface area contributed by atoms with Crippen LogP contribution in [0.2, 0.25) is 0 Å². The quantitative estimate of drug-likeness (QED) is 0.489. The molecule has 3 nitrogen and oxygen atoms in total. The standard InChI is InChI=1S/C13H15N.C12H12N2/c1-3-7-13(14-2)11-10-12-8-5-4-6-9-12;1-10(2)11-4-6-12(7-5-11)14-9-3-8-13-14/h3-11H,1-2H3;3-9H,1H2,2H3/b7-3-,11-10+,14-13?;. The summed E-state index contributed by atoms with van der Waals surface area (Å²) in [6, 6.07) is 20.3. The van der Waals surface area contributed by atoms with Crippen molar-refractivity contribution in [2.75, 3.05) is 7.05 Å². The maximum absolute atomic E-state index is 4.16. The average molecular weight is 370 g/mol. The summed E-state index contributed by atoms with van der Waals surface area (Å²) in [7, 11) is 1.80. The summed E-state index contributed by atoms with van der Waals surface area (Å²) in [6.07, 6.45) is 11.7. The zero-order valence-corrected chi connectivity index (χ0v) is 16.8. The van der Waals surface area contributed by atoms with Gasteiger partial charge in [-0.15, -0.1) is 0 Å². The molecule has 0 aliphatic rings. The van der Waals surface area contributed by atoms with Crippen molar-refractivity contribution < 1.29 is 0 Å². The molecule has 0 unspecified atom stereocenters. The van der Waals surface area contributed by atoms with Crippen molar-refractivity contribution in [2.24, 2.45) is 4.99 Å². The second-order valence-electron chi connectivity index (χ2n) is 6.17. The molecule has 1 aromatic heterocycles. The molecule has 0 spiro atoms. The minimum absolute atomic E-state index is 0.983. The molecule has 142 valence electrons. The second kappa shape index (κ2) is 11.3. The van der Waals surface area contributed by atoms with Crippen molar-refractivity contribution in [3.05, 3.63) is 109 Å². The highest BCUT2D eigenvalue weighted by atomic mass is 15.3. The zero-order chi connectivity index (χ0) is 20.2. The fourth-order valence-corrected chi connectivity index (χ4v) is 2.44. The van der Waals surface area contributed by atoms with E-state index < -0.39 is 0 Å². The fourth-order valence-electron chi connectivity index (χ4n) is 2.44. The van der Waals surface area contributed by atoms with Gasteiger partial charge in [-0.05, 0) is 55.3 Å². The molecule has 3 aromatic rings. The van der Waals surface area contributed by atoms with Gasteiger partial charge >= 0.3 is 0 Å². The summed E-state index contributed by atoms with van der Waals surface area (Å²) in [5.41, 5.74) is 5.49. The van der Waals surface area contributed by atoms with E-state index in [1.807, 2.05) is 79.4 Å². The van der Waals surface area contributed by atoms with Crippen molar-refractivity contribution in [1.29, 1.82) is 0 Å². The summed E-state index contributed by atoms with van der Waals surface area (Å²) in [5.74, 6) is 0. The molecule has 3 rings (SSSR count). The van der Waals surface area contributed by atoms with Crippen molar-refractivity contribution in [3.8, 4) is 5.69 Å². The minimum Gasteiger partial charge on any atom is -0.289 e. The van der Waals surface area contributed by atoms with Crippen molar-refractivity contribution in [3.63, 3.8) is 0 Å². The van der Waals surface area contributed by atoms with Crippen LogP contribution < -0.4 is 0 Å². The highest BCUT2D eigenvalue weighted by molar-refractivity contribution is 6.06. The van der Waals surface area contributed by atoms with E-state index in [0.29, 0.717) is 0 Å². The van der Waals surface area contributed by atoms with Crippen LogP contribution in [-0.4, -0.2) is 22.5 Å². The molecule has 28 heavy (non-hydrogen) atoms. The normalized spacial score (nSPS) is 11.5. The van der Waals surface area contributed by atoms with Crippen LogP contribution in [0.4, 0.5) is 0 Å². The van der Waals surface area contributed by atoms with Gasteiger partial charge in [0.25, 0.3) is 0 Å². The number of hydrogen-bond donors (Lipinski definition) is 0. The molecule has 2 aromatic carbocycles. The maximum Gasteiger partial charge on any atom is 0.0645 e. The topological polar surface area (TPSA) is 30.2 Å². The smallest absolute Gasteiger partial charge is 0.0645 e. The lowest BCUT2D eigenvalue weighted by atomic mass is 10.1. The first kappa shape index (κ1) is 20.8. The lowest BCUT2D eigenvalue weighted by molar-refractivity contribution is 0.880. The van der Waals surface area contributed by atoms with Gasteiger partial charge in [-0.2, -0.15) is 5.10 Å². The summed E-state index contributed by atoms with van der Waals surface area (Å²) < 4.78 is 1.84. The van der Waals surface area contributed by atoms with E-state index in [9.17, 15) is 0 Å². The number of aliphatic imine (C=N–C) groups is 1. The fraction of sp³-hybridized carbons (Fsp3) is 0.120. The number of allylic oxidation sites excluding steroid dienone is 4. The molecular weight excluding hydrogens is 342 g/mol. The molecule has 0 atom stereocenters. The molecule has 0 saturated carbocycles. The third-order valence-corrected chi connectivity index (χ3v) is 3.97.